The molecule has 19 heavy (non-hydrogen) atoms. The van der Waals surface area contributed by atoms with E-state index in [9.17, 15) is 4.79 Å². The molecule has 2 aromatic heterocycles. The zero-order valence-electron chi connectivity index (χ0n) is 10.5. The first kappa shape index (κ1) is 11.9. The number of aromatic nitrogens is 1. The summed E-state index contributed by atoms with van der Waals surface area (Å²) in [5, 5.41) is 2.99. The van der Waals surface area contributed by atoms with Crippen LogP contribution in [0.15, 0.2) is 47.9 Å². The van der Waals surface area contributed by atoms with Crippen LogP contribution in [0.3, 0.4) is 0 Å². The third-order valence-electron chi connectivity index (χ3n) is 3.08. The molecule has 0 bridgehead atoms. The van der Waals surface area contributed by atoms with Gasteiger partial charge >= 0.3 is 0 Å². The maximum atomic E-state index is 12.3. The molecule has 3 aromatic rings. The van der Waals surface area contributed by atoms with Crippen molar-refractivity contribution in [3.8, 4) is 0 Å². The maximum Gasteiger partial charge on any atom is 0.188 e. The van der Waals surface area contributed by atoms with Gasteiger partial charge < -0.3 is 4.98 Å². The van der Waals surface area contributed by atoms with Crippen molar-refractivity contribution in [1.82, 2.24) is 4.98 Å². The highest BCUT2D eigenvalue weighted by Gasteiger charge is 2.13. The minimum atomic E-state index is 0.0448. The minimum absolute atomic E-state index is 0.0448. The lowest BCUT2D eigenvalue weighted by atomic mass is 10.1. The van der Waals surface area contributed by atoms with Crippen molar-refractivity contribution in [2.45, 2.75) is 6.92 Å². The van der Waals surface area contributed by atoms with Crippen LogP contribution in [-0.2, 0) is 0 Å². The van der Waals surface area contributed by atoms with Crippen molar-refractivity contribution in [2.75, 3.05) is 0 Å². The average molecular weight is 267 g/mol. The van der Waals surface area contributed by atoms with Crippen molar-refractivity contribution in [2.24, 2.45) is 0 Å². The molecule has 3 heteroatoms. The Labute approximate surface area is 115 Å². The number of aromatic amines is 1. The molecule has 1 aromatic carbocycles. The van der Waals surface area contributed by atoms with Crippen LogP contribution in [-0.4, -0.2) is 10.8 Å². The molecule has 0 atom stereocenters. The molecule has 0 saturated carbocycles. The number of fused-ring (bicyclic) bond motifs is 1. The number of thiophene rings is 1. The zero-order chi connectivity index (χ0) is 13.2. The van der Waals surface area contributed by atoms with E-state index in [-0.39, 0.29) is 5.78 Å². The van der Waals surface area contributed by atoms with Gasteiger partial charge in [0.05, 0.1) is 5.56 Å². The van der Waals surface area contributed by atoms with Crippen LogP contribution in [0.25, 0.3) is 17.0 Å². The number of H-pyrrole nitrogens is 1. The Morgan fingerprint density at radius 1 is 1.21 bits per heavy atom. The summed E-state index contributed by atoms with van der Waals surface area (Å²) >= 11 is 1.62. The molecule has 0 fully saturated rings. The number of benzene rings is 1. The molecule has 1 N–H and O–H groups in total. The van der Waals surface area contributed by atoms with Gasteiger partial charge in [0.1, 0.15) is 0 Å². The second kappa shape index (κ2) is 4.86. The summed E-state index contributed by atoms with van der Waals surface area (Å²) in [6, 6.07) is 11.9. The Balaban J connectivity index is 2.00. The fourth-order valence-electron chi connectivity index (χ4n) is 2.22. The molecule has 0 amide bonds. The van der Waals surface area contributed by atoms with Crippen LogP contribution in [0.2, 0.25) is 0 Å². The van der Waals surface area contributed by atoms with E-state index >= 15 is 0 Å². The largest absolute Gasteiger partial charge is 0.358 e. The predicted octanol–water partition coefficient (Wildman–Crippen LogP) is 4.43. The molecule has 0 spiro atoms. The lowest BCUT2D eigenvalue weighted by molar-refractivity contribution is 0.104. The summed E-state index contributed by atoms with van der Waals surface area (Å²) in [4.78, 5) is 16.7. The Morgan fingerprint density at radius 3 is 2.84 bits per heavy atom. The second-order valence-electron chi connectivity index (χ2n) is 4.38. The van der Waals surface area contributed by atoms with Crippen molar-refractivity contribution >= 4 is 34.1 Å². The molecule has 94 valence electrons. The van der Waals surface area contributed by atoms with Gasteiger partial charge in [0.15, 0.2) is 5.78 Å². The van der Waals surface area contributed by atoms with E-state index in [2.05, 4.69) is 4.98 Å². The summed E-state index contributed by atoms with van der Waals surface area (Å²) in [5.74, 6) is 0.0448. The smallest absolute Gasteiger partial charge is 0.188 e. The number of aryl methyl sites for hydroxylation is 1. The van der Waals surface area contributed by atoms with Gasteiger partial charge in [-0.05, 0) is 36.6 Å². The second-order valence-corrected chi connectivity index (χ2v) is 5.36. The molecule has 0 aliphatic heterocycles. The van der Waals surface area contributed by atoms with Crippen molar-refractivity contribution < 1.29 is 4.79 Å². The molecule has 2 nitrogen and oxygen atoms in total. The van der Waals surface area contributed by atoms with E-state index in [0.717, 1.165) is 27.0 Å². The van der Waals surface area contributed by atoms with Gasteiger partial charge in [-0.1, -0.05) is 24.3 Å². The van der Waals surface area contributed by atoms with Crippen LogP contribution in [0.4, 0.5) is 0 Å². The van der Waals surface area contributed by atoms with Gasteiger partial charge in [-0.25, -0.2) is 0 Å². The van der Waals surface area contributed by atoms with Gasteiger partial charge in [0.25, 0.3) is 0 Å². The normalized spacial score (nSPS) is 11.4. The van der Waals surface area contributed by atoms with Gasteiger partial charge in [0, 0.05) is 21.5 Å². The molecular weight excluding hydrogens is 254 g/mol. The van der Waals surface area contributed by atoms with Crippen LogP contribution >= 0.6 is 11.3 Å². The molecule has 0 radical (unpaired) electrons. The van der Waals surface area contributed by atoms with Crippen molar-refractivity contribution in [3.05, 3.63) is 64.0 Å². The summed E-state index contributed by atoms with van der Waals surface area (Å²) in [6.45, 7) is 1.94. The van der Waals surface area contributed by atoms with Crippen molar-refractivity contribution in [3.63, 3.8) is 0 Å². The van der Waals surface area contributed by atoms with Gasteiger partial charge in [-0.3, -0.25) is 4.79 Å². The highest BCUT2D eigenvalue weighted by molar-refractivity contribution is 7.10. The van der Waals surface area contributed by atoms with E-state index in [1.54, 1.807) is 17.4 Å². The average Bonchev–Trinajstić information content (AvgIpc) is 3.02. The number of allylic oxidation sites excluding steroid dienone is 1. The third-order valence-corrected chi connectivity index (χ3v) is 3.92. The topological polar surface area (TPSA) is 32.9 Å². The first-order valence-electron chi connectivity index (χ1n) is 6.09. The lowest BCUT2D eigenvalue weighted by Gasteiger charge is -1.95. The Morgan fingerprint density at radius 2 is 2.05 bits per heavy atom. The number of carbonyl (C=O) groups excluding carboxylic acids is 1. The molecule has 3 rings (SSSR count). The number of carbonyl (C=O) groups is 1. The van der Waals surface area contributed by atoms with E-state index in [4.69, 9.17) is 0 Å². The van der Waals surface area contributed by atoms with Gasteiger partial charge in [-0.2, -0.15) is 0 Å². The molecule has 0 saturated heterocycles. The third kappa shape index (κ3) is 2.25. The SMILES string of the molecule is Cc1[nH]c2ccccc2c1C(=O)C=Cc1cccs1. The number of hydrogen-bond acceptors (Lipinski definition) is 2. The van der Waals surface area contributed by atoms with Crippen molar-refractivity contribution in [1.29, 1.82) is 0 Å². The highest BCUT2D eigenvalue weighted by atomic mass is 32.1. The van der Waals surface area contributed by atoms with Crippen LogP contribution < -0.4 is 0 Å². The summed E-state index contributed by atoms with van der Waals surface area (Å²) in [5.41, 5.74) is 2.69. The summed E-state index contributed by atoms with van der Waals surface area (Å²) in [6.07, 6.45) is 3.52. The van der Waals surface area contributed by atoms with Crippen LogP contribution in [0.5, 0.6) is 0 Å². The number of ketones is 1. The summed E-state index contributed by atoms with van der Waals surface area (Å²) < 4.78 is 0. The highest BCUT2D eigenvalue weighted by Crippen LogP contribution is 2.23. The first-order chi connectivity index (χ1) is 9.25. The monoisotopic (exact) mass is 267 g/mol. The molecular formula is C16H13NOS. The molecule has 0 aliphatic rings. The predicted molar refractivity (Wildman–Crippen MR) is 80.7 cm³/mol. The molecule has 2 heterocycles. The maximum absolute atomic E-state index is 12.3. The Kier molecular flexibility index (Phi) is 3.05. The molecule has 0 aliphatic carbocycles. The summed E-state index contributed by atoms with van der Waals surface area (Å²) in [7, 11) is 0. The van der Waals surface area contributed by atoms with Crippen LogP contribution in [0.1, 0.15) is 20.9 Å². The number of para-hydroxylation sites is 1. The van der Waals surface area contributed by atoms with Gasteiger partial charge in [0.2, 0.25) is 0 Å². The van der Waals surface area contributed by atoms with E-state index < -0.39 is 0 Å². The van der Waals surface area contributed by atoms with Crippen LogP contribution in [0, 0.1) is 6.92 Å². The standard InChI is InChI=1S/C16H13NOS/c1-11-16(13-6-2-3-7-14(13)17-11)15(18)9-8-12-5-4-10-19-12/h2-10,17H,1H3. The molecule has 0 unspecified atom stereocenters. The number of rotatable bonds is 3. The van der Waals surface area contributed by atoms with E-state index in [1.165, 1.54) is 0 Å². The quantitative estimate of drug-likeness (QED) is 0.552. The first-order valence-corrected chi connectivity index (χ1v) is 6.97. The Hall–Kier alpha value is -2.13. The fraction of sp³-hybridized carbons (Fsp3) is 0.0625. The number of nitrogens with one attached hydrogen (secondary N) is 1. The van der Waals surface area contributed by atoms with E-state index in [1.807, 2.05) is 54.8 Å². The van der Waals surface area contributed by atoms with E-state index in [0.29, 0.717) is 0 Å². The lowest BCUT2D eigenvalue weighted by Crippen LogP contribution is -1.95. The minimum Gasteiger partial charge on any atom is -0.358 e. The van der Waals surface area contributed by atoms with Gasteiger partial charge in [-0.15, -0.1) is 11.3 Å². The fourth-order valence-corrected chi connectivity index (χ4v) is 2.84. The zero-order valence-corrected chi connectivity index (χ0v) is 11.3. The Bertz CT molecular complexity index is 750. The number of hydrogen-bond donors (Lipinski definition) is 1.